The van der Waals surface area contributed by atoms with Crippen molar-refractivity contribution in [2.45, 2.75) is 13.8 Å². The minimum absolute atomic E-state index is 0.293. The molecule has 0 saturated heterocycles. The van der Waals surface area contributed by atoms with Crippen LogP contribution in [0.2, 0.25) is 0 Å². The van der Waals surface area contributed by atoms with Gasteiger partial charge in [-0.15, -0.1) is 5.10 Å². The molecule has 0 unspecified atom stereocenters. The number of hydrogen-bond acceptors (Lipinski definition) is 4. The summed E-state index contributed by atoms with van der Waals surface area (Å²) >= 11 is 0. The molecule has 2 aromatic heterocycles. The van der Waals surface area contributed by atoms with Crippen LogP contribution >= 0.6 is 0 Å². The minimum atomic E-state index is -0.306. The Hall–Kier alpha value is -3.54. The topological polar surface area (TPSA) is 72.7 Å². The van der Waals surface area contributed by atoms with Crippen molar-refractivity contribution in [2.24, 2.45) is 0 Å². The Morgan fingerprint density at radius 1 is 1.04 bits per heavy atom. The van der Waals surface area contributed by atoms with E-state index in [9.17, 15) is 4.79 Å². The fourth-order valence-electron chi connectivity index (χ4n) is 2.90. The number of carbonyl (C=O) groups excluding carboxylic acids is 1. The third kappa shape index (κ3) is 2.82. The molecular formula is C20H17N5O. The van der Waals surface area contributed by atoms with Gasteiger partial charge in [-0.25, -0.2) is 4.68 Å². The van der Waals surface area contributed by atoms with Crippen LogP contribution in [0.15, 0.2) is 60.8 Å². The normalized spacial score (nSPS) is 10.8. The predicted octanol–water partition coefficient (Wildman–Crippen LogP) is 3.68. The van der Waals surface area contributed by atoms with Crippen LogP contribution in [0, 0.1) is 13.8 Å². The van der Waals surface area contributed by atoms with E-state index < -0.39 is 0 Å². The Balaban J connectivity index is 1.63. The highest BCUT2D eigenvalue weighted by molar-refractivity contribution is 6.04. The molecule has 6 heteroatoms. The smallest absolute Gasteiger partial charge is 0.278 e. The SMILES string of the molecule is Cc1ccccc1-n1nnc(C(=O)Nc2cnc3ccccc3c2)c1C. The van der Waals surface area contributed by atoms with Gasteiger partial charge in [-0.05, 0) is 37.6 Å². The number of aromatic nitrogens is 4. The van der Waals surface area contributed by atoms with E-state index in [1.165, 1.54) is 0 Å². The van der Waals surface area contributed by atoms with Crippen LogP contribution in [0.25, 0.3) is 16.6 Å². The van der Waals surface area contributed by atoms with Crippen molar-refractivity contribution >= 4 is 22.5 Å². The summed E-state index contributed by atoms with van der Waals surface area (Å²) in [5.74, 6) is -0.306. The molecule has 2 aromatic carbocycles. The van der Waals surface area contributed by atoms with Gasteiger partial charge in [0.2, 0.25) is 0 Å². The number of aryl methyl sites for hydroxylation is 1. The largest absolute Gasteiger partial charge is 0.319 e. The van der Waals surface area contributed by atoms with Gasteiger partial charge in [-0.2, -0.15) is 0 Å². The number of nitrogens with one attached hydrogen (secondary N) is 1. The lowest BCUT2D eigenvalue weighted by atomic mass is 10.2. The zero-order chi connectivity index (χ0) is 18.1. The molecule has 4 aromatic rings. The number of hydrogen-bond donors (Lipinski definition) is 1. The summed E-state index contributed by atoms with van der Waals surface area (Å²) in [6.07, 6.45) is 1.64. The van der Waals surface area contributed by atoms with Crippen molar-refractivity contribution in [3.8, 4) is 5.69 Å². The number of pyridine rings is 1. The molecule has 0 saturated carbocycles. The minimum Gasteiger partial charge on any atom is -0.319 e. The number of para-hydroxylation sites is 2. The average molecular weight is 343 g/mol. The van der Waals surface area contributed by atoms with Crippen molar-refractivity contribution in [1.82, 2.24) is 20.0 Å². The number of fused-ring (bicyclic) bond motifs is 1. The Bertz CT molecular complexity index is 1120. The molecule has 0 aliphatic rings. The first-order valence-corrected chi connectivity index (χ1v) is 8.28. The maximum atomic E-state index is 12.6. The molecule has 26 heavy (non-hydrogen) atoms. The average Bonchev–Trinajstić information content (AvgIpc) is 3.03. The molecule has 0 aliphatic heterocycles. The van der Waals surface area contributed by atoms with E-state index in [1.807, 2.05) is 68.4 Å². The predicted molar refractivity (Wildman–Crippen MR) is 101 cm³/mol. The zero-order valence-corrected chi connectivity index (χ0v) is 14.5. The lowest BCUT2D eigenvalue weighted by Gasteiger charge is -2.07. The maximum absolute atomic E-state index is 12.6. The van der Waals surface area contributed by atoms with Gasteiger partial charge in [0.05, 0.1) is 28.8 Å². The third-order valence-electron chi connectivity index (χ3n) is 4.30. The van der Waals surface area contributed by atoms with Gasteiger partial charge < -0.3 is 5.32 Å². The molecule has 0 fully saturated rings. The first-order valence-electron chi connectivity index (χ1n) is 8.28. The van der Waals surface area contributed by atoms with Crippen molar-refractivity contribution in [2.75, 3.05) is 5.32 Å². The van der Waals surface area contributed by atoms with Gasteiger partial charge >= 0.3 is 0 Å². The molecule has 0 spiro atoms. The summed E-state index contributed by atoms with van der Waals surface area (Å²) in [5.41, 5.74) is 4.45. The van der Waals surface area contributed by atoms with Crippen LogP contribution in [-0.2, 0) is 0 Å². The van der Waals surface area contributed by atoms with E-state index in [0.717, 1.165) is 22.2 Å². The Morgan fingerprint density at radius 3 is 2.65 bits per heavy atom. The molecule has 1 amide bonds. The highest BCUT2D eigenvalue weighted by atomic mass is 16.2. The van der Waals surface area contributed by atoms with E-state index >= 15 is 0 Å². The van der Waals surface area contributed by atoms with Crippen LogP contribution in [-0.4, -0.2) is 25.9 Å². The van der Waals surface area contributed by atoms with Gasteiger partial charge in [0.25, 0.3) is 5.91 Å². The number of anilines is 1. The van der Waals surface area contributed by atoms with Gasteiger partial charge in [-0.1, -0.05) is 41.6 Å². The molecule has 2 heterocycles. The fourth-order valence-corrected chi connectivity index (χ4v) is 2.90. The van der Waals surface area contributed by atoms with Crippen molar-refractivity contribution in [1.29, 1.82) is 0 Å². The number of benzene rings is 2. The Kier molecular flexibility index (Phi) is 3.93. The molecule has 0 atom stereocenters. The maximum Gasteiger partial charge on any atom is 0.278 e. The lowest BCUT2D eigenvalue weighted by molar-refractivity contribution is 0.102. The zero-order valence-electron chi connectivity index (χ0n) is 14.5. The molecule has 1 N–H and O–H groups in total. The highest BCUT2D eigenvalue weighted by Crippen LogP contribution is 2.19. The van der Waals surface area contributed by atoms with Gasteiger partial charge in [0.1, 0.15) is 0 Å². The van der Waals surface area contributed by atoms with E-state index in [1.54, 1.807) is 10.9 Å². The second kappa shape index (κ2) is 6.40. The fraction of sp³-hybridized carbons (Fsp3) is 0.100. The lowest BCUT2D eigenvalue weighted by Crippen LogP contribution is -2.14. The van der Waals surface area contributed by atoms with E-state index in [4.69, 9.17) is 0 Å². The molecule has 4 rings (SSSR count). The number of amides is 1. The standard InChI is InChI=1S/C20H17N5O/c1-13-7-3-6-10-18(13)25-14(2)19(23-24-25)20(26)22-16-11-15-8-4-5-9-17(15)21-12-16/h3-12H,1-2H3,(H,22,26). The van der Waals surface area contributed by atoms with Crippen LogP contribution in [0.4, 0.5) is 5.69 Å². The third-order valence-corrected chi connectivity index (χ3v) is 4.30. The second-order valence-electron chi connectivity index (χ2n) is 6.09. The first-order chi connectivity index (χ1) is 12.6. The number of carbonyl (C=O) groups is 1. The van der Waals surface area contributed by atoms with Crippen LogP contribution in [0.3, 0.4) is 0 Å². The molecular weight excluding hydrogens is 326 g/mol. The summed E-state index contributed by atoms with van der Waals surface area (Å²) in [6, 6.07) is 17.5. The van der Waals surface area contributed by atoms with Crippen molar-refractivity contribution in [3.05, 3.63) is 77.7 Å². The summed E-state index contributed by atoms with van der Waals surface area (Å²) in [4.78, 5) is 17.0. The van der Waals surface area contributed by atoms with Crippen LogP contribution in [0.1, 0.15) is 21.7 Å². The van der Waals surface area contributed by atoms with Gasteiger partial charge in [-0.3, -0.25) is 9.78 Å². The van der Waals surface area contributed by atoms with E-state index in [-0.39, 0.29) is 5.91 Å². The highest BCUT2D eigenvalue weighted by Gasteiger charge is 2.18. The van der Waals surface area contributed by atoms with Crippen LogP contribution < -0.4 is 5.32 Å². The molecule has 0 radical (unpaired) electrons. The Morgan fingerprint density at radius 2 is 1.81 bits per heavy atom. The summed E-state index contributed by atoms with van der Waals surface area (Å²) in [5, 5.41) is 12.0. The van der Waals surface area contributed by atoms with E-state index in [0.29, 0.717) is 17.1 Å². The second-order valence-corrected chi connectivity index (χ2v) is 6.09. The quantitative estimate of drug-likeness (QED) is 0.616. The monoisotopic (exact) mass is 343 g/mol. The van der Waals surface area contributed by atoms with Crippen molar-refractivity contribution < 1.29 is 4.79 Å². The molecule has 128 valence electrons. The van der Waals surface area contributed by atoms with Crippen LogP contribution in [0.5, 0.6) is 0 Å². The first kappa shape index (κ1) is 16.0. The van der Waals surface area contributed by atoms with Gasteiger partial charge in [0.15, 0.2) is 5.69 Å². The molecule has 6 nitrogen and oxygen atoms in total. The molecule has 0 aliphatic carbocycles. The summed E-state index contributed by atoms with van der Waals surface area (Å²) in [7, 11) is 0. The Labute approximate surface area is 150 Å². The number of rotatable bonds is 3. The van der Waals surface area contributed by atoms with E-state index in [2.05, 4.69) is 20.6 Å². The van der Waals surface area contributed by atoms with Gasteiger partial charge in [0, 0.05) is 5.39 Å². The molecule has 0 bridgehead atoms. The van der Waals surface area contributed by atoms with Crippen molar-refractivity contribution in [3.63, 3.8) is 0 Å². The number of nitrogens with zero attached hydrogens (tertiary/aromatic N) is 4. The summed E-state index contributed by atoms with van der Waals surface area (Å²) < 4.78 is 1.68. The summed E-state index contributed by atoms with van der Waals surface area (Å²) in [6.45, 7) is 3.83.